The number of carbonyl (C=O) groups is 1. The first kappa shape index (κ1) is 23.9. The zero-order valence-corrected chi connectivity index (χ0v) is 19.1. The van der Waals surface area contributed by atoms with Gasteiger partial charge in [0.1, 0.15) is 6.04 Å². The summed E-state index contributed by atoms with van der Waals surface area (Å²) in [5.74, 6) is 0.859. The molecule has 3 aromatic rings. The van der Waals surface area contributed by atoms with Gasteiger partial charge >= 0.3 is 5.97 Å². The maximum Gasteiger partial charge on any atom is 0.324 e. The zero-order valence-electron chi connectivity index (χ0n) is 17.5. The Balaban J connectivity index is 1.51. The van der Waals surface area contributed by atoms with Crippen molar-refractivity contribution in [3.63, 3.8) is 0 Å². The second-order valence-corrected chi connectivity index (χ2v) is 9.49. The number of hydrogen-bond acceptors (Lipinski definition) is 9. The van der Waals surface area contributed by atoms with Gasteiger partial charge in [0.2, 0.25) is 21.7 Å². The number of benzene rings is 1. The maximum atomic E-state index is 12.6. The summed E-state index contributed by atoms with van der Waals surface area (Å²) < 4.78 is 38.2. The molecular weight excluding hydrogens is 452 g/mol. The topological polar surface area (TPSA) is 124 Å². The van der Waals surface area contributed by atoms with Gasteiger partial charge in [0.15, 0.2) is 0 Å². The lowest BCUT2D eigenvalue weighted by atomic mass is 10.2. The van der Waals surface area contributed by atoms with E-state index in [1.54, 1.807) is 36.7 Å². The van der Waals surface area contributed by atoms with Crippen molar-refractivity contribution >= 4 is 27.8 Å². The van der Waals surface area contributed by atoms with Crippen LogP contribution in [0.25, 0.3) is 11.4 Å². The van der Waals surface area contributed by atoms with Crippen LogP contribution in [0.15, 0.2) is 64.3 Å². The Kier molecular flexibility index (Phi) is 8.77. The molecule has 1 unspecified atom stereocenters. The summed E-state index contributed by atoms with van der Waals surface area (Å²) in [6, 6.07) is 10.6. The molecule has 0 aliphatic heterocycles. The molecule has 2 aromatic heterocycles. The molecule has 1 aromatic carbocycles. The third-order valence-electron chi connectivity index (χ3n) is 4.41. The van der Waals surface area contributed by atoms with E-state index in [9.17, 15) is 13.2 Å². The van der Waals surface area contributed by atoms with Crippen LogP contribution >= 0.6 is 11.8 Å². The molecule has 11 heteroatoms. The number of nitrogens with zero attached hydrogens (tertiary/aromatic N) is 3. The zero-order chi connectivity index (χ0) is 22.8. The van der Waals surface area contributed by atoms with Gasteiger partial charge in [-0.3, -0.25) is 9.78 Å². The van der Waals surface area contributed by atoms with Crippen LogP contribution in [0, 0.1) is 0 Å². The normalized spacial score (nSPS) is 12.4. The molecular formula is C21H24N4O5S2. The van der Waals surface area contributed by atoms with Crippen molar-refractivity contribution in [2.75, 3.05) is 18.6 Å². The van der Waals surface area contributed by atoms with Crippen LogP contribution in [-0.4, -0.2) is 54.2 Å². The number of nitrogens with one attached hydrogen (secondary N) is 1. The summed E-state index contributed by atoms with van der Waals surface area (Å²) >= 11 is 1.52. The van der Waals surface area contributed by atoms with Gasteiger partial charge in [-0.05, 0) is 49.1 Å². The molecule has 32 heavy (non-hydrogen) atoms. The predicted octanol–water partition coefficient (Wildman–Crippen LogP) is 2.71. The molecule has 170 valence electrons. The minimum atomic E-state index is -3.83. The standard InChI is InChI=1S/C21H24N4O5S2/c1-31-14-11-18(25-32(27,28)17-8-3-2-4-9-17)21(26)29-13-6-10-19-23-20(24-30-19)16-7-5-12-22-15-16/h2-5,7-9,12,15,18,25H,6,10-11,13-14H2,1H3. The third-order valence-corrected chi connectivity index (χ3v) is 6.54. The number of sulfonamides is 1. The SMILES string of the molecule is CSCCC(NS(=O)(=O)c1ccccc1)C(=O)OCCCc1nc(-c2cccnc2)no1. The number of hydrogen-bond donors (Lipinski definition) is 1. The number of pyridine rings is 1. The molecule has 0 spiro atoms. The molecule has 9 nitrogen and oxygen atoms in total. The van der Waals surface area contributed by atoms with E-state index in [0.29, 0.717) is 36.7 Å². The van der Waals surface area contributed by atoms with Crippen molar-refractivity contribution in [2.24, 2.45) is 0 Å². The lowest BCUT2D eigenvalue weighted by molar-refractivity contribution is -0.145. The van der Waals surface area contributed by atoms with Crippen LogP contribution in [0.3, 0.4) is 0 Å². The Morgan fingerprint density at radius 1 is 1.22 bits per heavy atom. The molecule has 1 atom stereocenters. The fraction of sp³-hybridized carbons (Fsp3) is 0.333. The quantitative estimate of drug-likeness (QED) is 0.310. The summed E-state index contributed by atoms with van der Waals surface area (Å²) in [4.78, 5) is 21.0. The maximum absolute atomic E-state index is 12.6. The Morgan fingerprint density at radius 2 is 2.03 bits per heavy atom. The molecule has 0 bridgehead atoms. The second kappa shape index (κ2) is 11.7. The first-order chi connectivity index (χ1) is 15.5. The number of rotatable bonds is 12. The van der Waals surface area contributed by atoms with Gasteiger partial charge in [-0.2, -0.15) is 21.5 Å². The van der Waals surface area contributed by atoms with Crippen molar-refractivity contribution in [3.05, 3.63) is 60.7 Å². The van der Waals surface area contributed by atoms with Gasteiger partial charge < -0.3 is 9.26 Å². The van der Waals surface area contributed by atoms with Crippen molar-refractivity contribution in [2.45, 2.75) is 30.2 Å². The van der Waals surface area contributed by atoms with E-state index >= 15 is 0 Å². The van der Waals surface area contributed by atoms with E-state index in [-0.39, 0.29) is 11.5 Å². The van der Waals surface area contributed by atoms with Crippen molar-refractivity contribution in [1.82, 2.24) is 19.8 Å². The minimum Gasteiger partial charge on any atom is -0.464 e. The van der Waals surface area contributed by atoms with E-state index in [4.69, 9.17) is 9.26 Å². The Morgan fingerprint density at radius 3 is 2.75 bits per heavy atom. The van der Waals surface area contributed by atoms with Gasteiger partial charge in [-0.15, -0.1) is 0 Å². The first-order valence-corrected chi connectivity index (χ1v) is 12.8. The molecule has 0 saturated carbocycles. The van der Waals surface area contributed by atoms with Crippen LogP contribution in [0.2, 0.25) is 0 Å². The molecule has 0 saturated heterocycles. The number of ether oxygens (including phenoxy) is 1. The first-order valence-electron chi connectivity index (χ1n) is 9.95. The highest BCUT2D eigenvalue weighted by atomic mass is 32.2. The summed E-state index contributed by atoms with van der Waals surface area (Å²) in [5, 5.41) is 3.92. The molecule has 2 heterocycles. The lowest BCUT2D eigenvalue weighted by Gasteiger charge is -2.17. The van der Waals surface area contributed by atoms with Crippen molar-refractivity contribution in [3.8, 4) is 11.4 Å². The molecule has 0 fully saturated rings. The lowest BCUT2D eigenvalue weighted by Crippen LogP contribution is -2.42. The Hall–Kier alpha value is -2.76. The summed E-state index contributed by atoms with van der Waals surface area (Å²) in [6.45, 7) is 0.103. The largest absolute Gasteiger partial charge is 0.464 e. The van der Waals surface area contributed by atoms with Gasteiger partial charge in [-0.1, -0.05) is 23.4 Å². The monoisotopic (exact) mass is 476 g/mol. The Labute approximate surface area is 191 Å². The van der Waals surface area contributed by atoms with Gasteiger partial charge in [0.25, 0.3) is 0 Å². The molecule has 0 amide bonds. The van der Waals surface area contributed by atoms with Crippen LogP contribution in [0.1, 0.15) is 18.7 Å². The summed E-state index contributed by atoms with van der Waals surface area (Å²) in [5.41, 5.74) is 0.747. The number of aromatic nitrogens is 3. The highest BCUT2D eigenvalue weighted by Crippen LogP contribution is 2.15. The number of esters is 1. The summed E-state index contributed by atoms with van der Waals surface area (Å²) in [6.07, 6.45) is 6.39. The summed E-state index contributed by atoms with van der Waals surface area (Å²) in [7, 11) is -3.83. The highest BCUT2D eigenvalue weighted by molar-refractivity contribution is 7.98. The van der Waals surface area contributed by atoms with Crippen LogP contribution in [0.5, 0.6) is 0 Å². The van der Waals surface area contributed by atoms with E-state index < -0.39 is 22.0 Å². The molecule has 1 N–H and O–H groups in total. The fourth-order valence-electron chi connectivity index (χ4n) is 2.78. The highest BCUT2D eigenvalue weighted by Gasteiger charge is 2.26. The fourth-order valence-corrected chi connectivity index (χ4v) is 4.49. The minimum absolute atomic E-state index is 0.0998. The molecule has 3 rings (SSSR count). The van der Waals surface area contributed by atoms with E-state index in [1.165, 1.54) is 23.9 Å². The molecule has 0 aliphatic carbocycles. The van der Waals surface area contributed by atoms with E-state index in [2.05, 4.69) is 19.8 Å². The van der Waals surface area contributed by atoms with E-state index in [0.717, 1.165) is 5.56 Å². The smallest absolute Gasteiger partial charge is 0.324 e. The van der Waals surface area contributed by atoms with Gasteiger partial charge in [0, 0.05) is 24.4 Å². The van der Waals surface area contributed by atoms with Gasteiger partial charge in [-0.25, -0.2) is 8.42 Å². The number of thioether (sulfide) groups is 1. The predicted molar refractivity (Wildman–Crippen MR) is 120 cm³/mol. The third kappa shape index (κ3) is 6.87. The molecule has 0 radical (unpaired) electrons. The average molecular weight is 477 g/mol. The van der Waals surface area contributed by atoms with Crippen LogP contribution in [-0.2, 0) is 26.0 Å². The Bertz CT molecular complexity index is 1090. The average Bonchev–Trinajstić information content (AvgIpc) is 3.29. The number of aryl methyl sites for hydroxylation is 1. The second-order valence-electron chi connectivity index (χ2n) is 6.79. The van der Waals surface area contributed by atoms with E-state index in [1.807, 2.05) is 12.3 Å². The van der Waals surface area contributed by atoms with Crippen LogP contribution in [0.4, 0.5) is 0 Å². The molecule has 0 aliphatic rings. The van der Waals surface area contributed by atoms with Crippen LogP contribution < -0.4 is 4.72 Å². The number of carbonyl (C=O) groups excluding carboxylic acids is 1. The van der Waals surface area contributed by atoms with Crippen molar-refractivity contribution < 1.29 is 22.5 Å². The van der Waals surface area contributed by atoms with Gasteiger partial charge in [0.05, 0.1) is 11.5 Å². The van der Waals surface area contributed by atoms with Crippen molar-refractivity contribution in [1.29, 1.82) is 0 Å².